The van der Waals surface area contributed by atoms with Crippen LogP contribution in [-0.4, -0.2) is 6.61 Å². The van der Waals surface area contributed by atoms with Gasteiger partial charge in [-0.05, 0) is 25.0 Å². The third kappa shape index (κ3) is 2.18. The van der Waals surface area contributed by atoms with Crippen LogP contribution in [0.1, 0.15) is 11.1 Å². The molecule has 0 saturated carbocycles. The minimum absolute atomic E-state index is 0.272. The van der Waals surface area contributed by atoms with Gasteiger partial charge in [0.25, 0.3) is 0 Å². The van der Waals surface area contributed by atoms with Crippen LogP contribution in [0.4, 0.5) is 5.69 Å². The number of nitrogens with one attached hydrogen (secondary N) is 1. The molecular formula is C11H14N2O. The smallest absolute Gasteiger partial charge is 0.148 e. The standard InChI is InChI=1S/C11H14N2O/c1-4-5-14-11-7-10(13-12)8(2)6-9(11)3/h1,6-7,13H,5,12H2,2-3H3. The molecule has 1 aromatic rings. The first-order chi connectivity index (χ1) is 6.69. The molecule has 3 N–H and O–H groups in total. The zero-order valence-corrected chi connectivity index (χ0v) is 8.42. The number of aryl methyl sites for hydroxylation is 2. The number of hydrogen-bond acceptors (Lipinski definition) is 3. The summed E-state index contributed by atoms with van der Waals surface area (Å²) in [5, 5.41) is 0. The molecule has 0 atom stereocenters. The molecule has 74 valence electrons. The van der Waals surface area contributed by atoms with Gasteiger partial charge in [0.2, 0.25) is 0 Å². The predicted octanol–water partition coefficient (Wildman–Crippen LogP) is 1.60. The number of anilines is 1. The Morgan fingerprint density at radius 3 is 2.71 bits per heavy atom. The van der Waals surface area contributed by atoms with E-state index in [4.69, 9.17) is 17.0 Å². The van der Waals surface area contributed by atoms with Crippen LogP contribution in [0.3, 0.4) is 0 Å². The Morgan fingerprint density at radius 2 is 2.14 bits per heavy atom. The second-order valence-electron chi connectivity index (χ2n) is 3.07. The molecule has 0 fully saturated rings. The van der Waals surface area contributed by atoms with Crippen LogP contribution in [0.15, 0.2) is 12.1 Å². The van der Waals surface area contributed by atoms with Crippen molar-refractivity contribution in [3.8, 4) is 18.1 Å². The van der Waals surface area contributed by atoms with Crippen molar-refractivity contribution in [2.24, 2.45) is 5.84 Å². The van der Waals surface area contributed by atoms with E-state index in [1.807, 2.05) is 26.0 Å². The van der Waals surface area contributed by atoms with E-state index in [2.05, 4.69) is 11.3 Å². The molecule has 0 aliphatic heterocycles. The molecule has 0 aliphatic rings. The van der Waals surface area contributed by atoms with E-state index < -0.39 is 0 Å². The van der Waals surface area contributed by atoms with E-state index in [9.17, 15) is 0 Å². The predicted molar refractivity (Wildman–Crippen MR) is 58.1 cm³/mol. The van der Waals surface area contributed by atoms with E-state index in [1.165, 1.54) is 0 Å². The summed E-state index contributed by atoms with van der Waals surface area (Å²) in [5.41, 5.74) is 5.59. The van der Waals surface area contributed by atoms with Crippen LogP contribution in [-0.2, 0) is 0 Å². The van der Waals surface area contributed by atoms with E-state index in [-0.39, 0.29) is 6.61 Å². The van der Waals surface area contributed by atoms with Gasteiger partial charge in [-0.15, -0.1) is 6.42 Å². The van der Waals surface area contributed by atoms with Crippen molar-refractivity contribution >= 4 is 5.69 Å². The van der Waals surface area contributed by atoms with Crippen molar-refractivity contribution in [3.05, 3.63) is 23.3 Å². The van der Waals surface area contributed by atoms with Crippen molar-refractivity contribution < 1.29 is 4.74 Å². The highest BCUT2D eigenvalue weighted by Crippen LogP contribution is 2.25. The highest BCUT2D eigenvalue weighted by Gasteiger charge is 2.03. The van der Waals surface area contributed by atoms with Gasteiger partial charge in [0, 0.05) is 6.07 Å². The summed E-state index contributed by atoms with van der Waals surface area (Å²) < 4.78 is 5.35. The molecule has 3 nitrogen and oxygen atoms in total. The van der Waals surface area contributed by atoms with Crippen molar-refractivity contribution in [3.63, 3.8) is 0 Å². The van der Waals surface area contributed by atoms with Crippen LogP contribution < -0.4 is 16.0 Å². The lowest BCUT2D eigenvalue weighted by Crippen LogP contribution is -2.09. The normalized spacial score (nSPS) is 9.29. The Balaban J connectivity index is 2.99. The molecule has 0 amide bonds. The Morgan fingerprint density at radius 1 is 1.43 bits per heavy atom. The summed E-state index contributed by atoms with van der Waals surface area (Å²) in [5.74, 6) is 8.54. The van der Waals surface area contributed by atoms with Crippen molar-refractivity contribution in [2.45, 2.75) is 13.8 Å². The second-order valence-corrected chi connectivity index (χ2v) is 3.07. The summed E-state index contributed by atoms with van der Waals surface area (Å²) in [7, 11) is 0. The second kappa shape index (κ2) is 4.54. The average Bonchev–Trinajstić information content (AvgIpc) is 2.17. The van der Waals surface area contributed by atoms with Gasteiger partial charge in [0.1, 0.15) is 12.4 Å². The fraction of sp³-hybridized carbons (Fsp3) is 0.273. The first-order valence-corrected chi connectivity index (χ1v) is 4.33. The summed E-state index contributed by atoms with van der Waals surface area (Å²) >= 11 is 0. The van der Waals surface area contributed by atoms with Gasteiger partial charge >= 0.3 is 0 Å². The van der Waals surface area contributed by atoms with E-state index in [1.54, 1.807) is 0 Å². The number of terminal acetylenes is 1. The van der Waals surface area contributed by atoms with Gasteiger partial charge in [0.05, 0.1) is 5.69 Å². The number of rotatable bonds is 3. The molecule has 0 spiro atoms. The average molecular weight is 190 g/mol. The van der Waals surface area contributed by atoms with Crippen LogP contribution in [0.25, 0.3) is 0 Å². The number of nitrogens with two attached hydrogens (primary N) is 1. The summed E-state index contributed by atoms with van der Waals surface area (Å²) in [6.45, 7) is 4.22. The molecule has 3 heteroatoms. The monoisotopic (exact) mass is 190 g/mol. The topological polar surface area (TPSA) is 47.3 Å². The van der Waals surface area contributed by atoms with Crippen LogP contribution >= 0.6 is 0 Å². The van der Waals surface area contributed by atoms with Crippen molar-refractivity contribution in [1.82, 2.24) is 0 Å². The maximum absolute atomic E-state index is 5.35. The van der Waals surface area contributed by atoms with Crippen molar-refractivity contribution in [2.75, 3.05) is 12.0 Å². The SMILES string of the molecule is C#CCOc1cc(NN)c(C)cc1C. The van der Waals surface area contributed by atoms with Gasteiger partial charge in [-0.1, -0.05) is 12.0 Å². The Kier molecular flexibility index (Phi) is 3.38. The van der Waals surface area contributed by atoms with Crippen LogP contribution in [0, 0.1) is 26.2 Å². The lowest BCUT2D eigenvalue weighted by Gasteiger charge is -2.11. The number of benzene rings is 1. The molecule has 0 aromatic heterocycles. The molecule has 1 rings (SSSR count). The molecule has 14 heavy (non-hydrogen) atoms. The van der Waals surface area contributed by atoms with Crippen LogP contribution in [0.5, 0.6) is 5.75 Å². The fourth-order valence-corrected chi connectivity index (χ4v) is 1.26. The zero-order chi connectivity index (χ0) is 10.6. The maximum atomic E-state index is 5.35. The van der Waals surface area contributed by atoms with Gasteiger partial charge < -0.3 is 10.2 Å². The number of hydrogen-bond donors (Lipinski definition) is 2. The minimum Gasteiger partial charge on any atom is -0.481 e. The lowest BCUT2D eigenvalue weighted by atomic mass is 10.1. The lowest BCUT2D eigenvalue weighted by molar-refractivity contribution is 0.368. The summed E-state index contributed by atoms with van der Waals surface area (Å²) in [6.07, 6.45) is 5.11. The Labute approximate surface area is 84.2 Å². The quantitative estimate of drug-likeness (QED) is 0.432. The molecule has 0 radical (unpaired) electrons. The van der Waals surface area contributed by atoms with Gasteiger partial charge in [0.15, 0.2) is 0 Å². The first-order valence-electron chi connectivity index (χ1n) is 4.33. The summed E-state index contributed by atoms with van der Waals surface area (Å²) in [6, 6.07) is 3.85. The molecule has 0 bridgehead atoms. The highest BCUT2D eigenvalue weighted by atomic mass is 16.5. The van der Waals surface area contributed by atoms with Gasteiger partial charge in [-0.2, -0.15) is 0 Å². The molecule has 0 aliphatic carbocycles. The van der Waals surface area contributed by atoms with Gasteiger partial charge in [-0.25, -0.2) is 0 Å². The number of nitrogen functional groups attached to an aromatic ring is 1. The van der Waals surface area contributed by atoms with Gasteiger partial charge in [-0.3, -0.25) is 5.84 Å². The van der Waals surface area contributed by atoms with E-state index in [0.29, 0.717) is 0 Å². The maximum Gasteiger partial charge on any atom is 0.148 e. The minimum atomic E-state index is 0.272. The molecule has 0 saturated heterocycles. The highest BCUT2D eigenvalue weighted by molar-refractivity contribution is 5.56. The van der Waals surface area contributed by atoms with Crippen molar-refractivity contribution in [1.29, 1.82) is 0 Å². The van der Waals surface area contributed by atoms with E-state index >= 15 is 0 Å². The molecule has 1 aromatic carbocycles. The number of hydrazine groups is 1. The van der Waals surface area contributed by atoms with E-state index in [0.717, 1.165) is 22.6 Å². The summed E-state index contributed by atoms with van der Waals surface area (Å²) in [4.78, 5) is 0. The zero-order valence-electron chi connectivity index (χ0n) is 8.42. The third-order valence-electron chi connectivity index (χ3n) is 1.99. The molecule has 0 heterocycles. The molecule has 0 unspecified atom stereocenters. The third-order valence-corrected chi connectivity index (χ3v) is 1.99. The molecular weight excluding hydrogens is 176 g/mol. The number of ether oxygens (including phenoxy) is 1. The first kappa shape index (κ1) is 10.4. The fourth-order valence-electron chi connectivity index (χ4n) is 1.26. The Hall–Kier alpha value is -1.66. The van der Waals surface area contributed by atoms with Crippen LogP contribution in [0.2, 0.25) is 0 Å². The largest absolute Gasteiger partial charge is 0.481 e. The Bertz CT molecular complexity index is 366.